The number of hydrogen-bond donors (Lipinski definition) is 1. The van der Waals surface area contributed by atoms with Gasteiger partial charge in [0.1, 0.15) is 5.82 Å². The van der Waals surface area contributed by atoms with Gasteiger partial charge < -0.3 is 9.67 Å². The van der Waals surface area contributed by atoms with Gasteiger partial charge in [0.05, 0.1) is 0 Å². The Hall–Kier alpha value is -1.32. The van der Waals surface area contributed by atoms with E-state index < -0.39 is 5.97 Å². The SMILES string of the molecule is CCc1ncc2n1C(CCC(=O)O)CCC2. The van der Waals surface area contributed by atoms with Crippen LogP contribution in [0.25, 0.3) is 0 Å². The number of rotatable bonds is 4. The molecule has 1 aromatic rings. The third kappa shape index (κ3) is 2.10. The average Bonchev–Trinajstić information content (AvgIpc) is 2.69. The highest BCUT2D eigenvalue weighted by Gasteiger charge is 2.22. The molecule has 0 saturated carbocycles. The summed E-state index contributed by atoms with van der Waals surface area (Å²) >= 11 is 0. The summed E-state index contributed by atoms with van der Waals surface area (Å²) in [6.07, 6.45) is 7.17. The molecule has 0 amide bonds. The van der Waals surface area contributed by atoms with Crippen molar-refractivity contribution in [3.05, 3.63) is 17.7 Å². The van der Waals surface area contributed by atoms with Crippen LogP contribution in [0.2, 0.25) is 0 Å². The fraction of sp³-hybridized carbons (Fsp3) is 0.667. The summed E-state index contributed by atoms with van der Waals surface area (Å²) in [5, 5.41) is 8.74. The Bertz CT molecular complexity index is 371. The molecule has 0 spiro atoms. The van der Waals surface area contributed by atoms with Crippen LogP contribution >= 0.6 is 0 Å². The van der Waals surface area contributed by atoms with E-state index in [1.807, 2.05) is 6.20 Å². The molecule has 4 nitrogen and oxygen atoms in total. The third-order valence-electron chi connectivity index (χ3n) is 3.29. The molecule has 1 unspecified atom stereocenters. The van der Waals surface area contributed by atoms with Gasteiger partial charge >= 0.3 is 5.97 Å². The molecule has 0 bridgehead atoms. The van der Waals surface area contributed by atoms with Crippen molar-refractivity contribution in [1.82, 2.24) is 9.55 Å². The van der Waals surface area contributed by atoms with E-state index >= 15 is 0 Å². The fourth-order valence-corrected chi connectivity index (χ4v) is 2.54. The molecule has 2 heterocycles. The first-order chi connectivity index (χ1) is 7.72. The Labute approximate surface area is 95.3 Å². The highest BCUT2D eigenvalue weighted by atomic mass is 16.4. The van der Waals surface area contributed by atoms with Gasteiger partial charge in [-0.15, -0.1) is 0 Å². The minimum Gasteiger partial charge on any atom is -0.481 e. The van der Waals surface area contributed by atoms with Crippen LogP contribution in [0.1, 0.15) is 50.2 Å². The van der Waals surface area contributed by atoms with Crippen molar-refractivity contribution < 1.29 is 9.90 Å². The molecule has 4 heteroatoms. The second kappa shape index (κ2) is 4.68. The Morgan fingerprint density at radius 1 is 1.69 bits per heavy atom. The van der Waals surface area contributed by atoms with E-state index in [-0.39, 0.29) is 6.42 Å². The van der Waals surface area contributed by atoms with E-state index in [1.165, 1.54) is 5.69 Å². The molecular weight excluding hydrogens is 204 g/mol. The van der Waals surface area contributed by atoms with E-state index in [2.05, 4.69) is 16.5 Å². The van der Waals surface area contributed by atoms with Crippen molar-refractivity contribution in [1.29, 1.82) is 0 Å². The zero-order valence-electron chi connectivity index (χ0n) is 9.65. The molecule has 0 aromatic carbocycles. The number of nitrogens with zero attached hydrogens (tertiary/aromatic N) is 2. The van der Waals surface area contributed by atoms with Crippen molar-refractivity contribution in [2.75, 3.05) is 0 Å². The fourth-order valence-electron chi connectivity index (χ4n) is 2.54. The summed E-state index contributed by atoms with van der Waals surface area (Å²) in [5.41, 5.74) is 1.28. The maximum atomic E-state index is 10.6. The van der Waals surface area contributed by atoms with E-state index in [9.17, 15) is 4.79 Å². The molecule has 0 radical (unpaired) electrons. The summed E-state index contributed by atoms with van der Waals surface area (Å²) < 4.78 is 2.27. The number of hydrogen-bond acceptors (Lipinski definition) is 2. The zero-order valence-corrected chi connectivity index (χ0v) is 9.65. The lowest BCUT2D eigenvalue weighted by Crippen LogP contribution is -2.20. The van der Waals surface area contributed by atoms with Gasteiger partial charge in [0, 0.05) is 30.8 Å². The van der Waals surface area contributed by atoms with E-state index in [4.69, 9.17) is 5.11 Å². The van der Waals surface area contributed by atoms with Crippen LogP contribution in [-0.4, -0.2) is 20.6 Å². The minimum atomic E-state index is -0.703. The first-order valence-electron chi connectivity index (χ1n) is 5.99. The van der Waals surface area contributed by atoms with E-state index in [0.29, 0.717) is 6.04 Å². The van der Waals surface area contributed by atoms with Gasteiger partial charge in [-0.1, -0.05) is 6.92 Å². The molecule has 1 aliphatic rings. The molecule has 1 atom stereocenters. The van der Waals surface area contributed by atoms with Gasteiger partial charge in [0.25, 0.3) is 0 Å². The summed E-state index contributed by atoms with van der Waals surface area (Å²) in [7, 11) is 0. The molecule has 2 rings (SSSR count). The van der Waals surface area contributed by atoms with Crippen LogP contribution in [0.15, 0.2) is 6.20 Å². The normalized spacial score (nSPS) is 19.4. The molecular formula is C12H18N2O2. The summed E-state index contributed by atoms with van der Waals surface area (Å²) in [4.78, 5) is 15.0. The van der Waals surface area contributed by atoms with Crippen LogP contribution in [0.4, 0.5) is 0 Å². The molecule has 0 aliphatic carbocycles. The lowest BCUT2D eigenvalue weighted by atomic mass is 9.98. The van der Waals surface area contributed by atoms with Crippen LogP contribution in [-0.2, 0) is 17.6 Å². The first kappa shape index (κ1) is 11.2. The Balaban J connectivity index is 2.17. The standard InChI is InChI=1S/C12H18N2O2/c1-2-11-13-8-10-5-3-4-9(14(10)11)6-7-12(15)16/h8-9H,2-7H2,1H3,(H,15,16). The quantitative estimate of drug-likeness (QED) is 0.849. The second-order valence-electron chi connectivity index (χ2n) is 4.37. The van der Waals surface area contributed by atoms with Crippen LogP contribution in [0.3, 0.4) is 0 Å². The predicted molar refractivity (Wildman–Crippen MR) is 60.4 cm³/mol. The molecule has 16 heavy (non-hydrogen) atoms. The average molecular weight is 222 g/mol. The predicted octanol–water partition coefficient (Wildman–Crippen LogP) is 2.19. The number of fused-ring (bicyclic) bond motifs is 1. The first-order valence-corrected chi connectivity index (χ1v) is 5.99. The number of carboxylic acid groups (broad SMARTS) is 1. The number of aliphatic carboxylic acids is 1. The Morgan fingerprint density at radius 3 is 3.19 bits per heavy atom. The minimum absolute atomic E-state index is 0.255. The highest BCUT2D eigenvalue weighted by Crippen LogP contribution is 2.30. The number of carbonyl (C=O) groups is 1. The lowest BCUT2D eigenvalue weighted by Gasteiger charge is -2.26. The smallest absolute Gasteiger partial charge is 0.303 e. The van der Waals surface area contributed by atoms with Gasteiger partial charge in [-0.25, -0.2) is 4.98 Å². The van der Waals surface area contributed by atoms with Gasteiger partial charge in [-0.3, -0.25) is 4.79 Å². The molecule has 88 valence electrons. The van der Waals surface area contributed by atoms with E-state index in [0.717, 1.165) is 37.9 Å². The van der Waals surface area contributed by atoms with Crippen molar-refractivity contribution in [3.8, 4) is 0 Å². The lowest BCUT2D eigenvalue weighted by molar-refractivity contribution is -0.137. The number of aromatic nitrogens is 2. The zero-order chi connectivity index (χ0) is 11.5. The van der Waals surface area contributed by atoms with Crippen LogP contribution in [0, 0.1) is 0 Å². The van der Waals surface area contributed by atoms with Crippen LogP contribution in [0.5, 0.6) is 0 Å². The van der Waals surface area contributed by atoms with Gasteiger partial charge in [0.15, 0.2) is 0 Å². The number of aryl methyl sites for hydroxylation is 2. The summed E-state index contributed by atoms with van der Waals surface area (Å²) in [5.74, 6) is 0.398. The van der Waals surface area contributed by atoms with Crippen molar-refractivity contribution in [3.63, 3.8) is 0 Å². The van der Waals surface area contributed by atoms with Gasteiger partial charge in [0.2, 0.25) is 0 Å². The third-order valence-corrected chi connectivity index (χ3v) is 3.29. The molecule has 1 aliphatic heterocycles. The largest absolute Gasteiger partial charge is 0.481 e. The van der Waals surface area contributed by atoms with Crippen LogP contribution < -0.4 is 0 Å². The Morgan fingerprint density at radius 2 is 2.50 bits per heavy atom. The van der Waals surface area contributed by atoms with Crippen molar-refractivity contribution >= 4 is 5.97 Å². The second-order valence-corrected chi connectivity index (χ2v) is 4.37. The Kier molecular flexibility index (Phi) is 3.27. The van der Waals surface area contributed by atoms with Gasteiger partial charge in [-0.05, 0) is 25.7 Å². The topological polar surface area (TPSA) is 55.1 Å². The van der Waals surface area contributed by atoms with Crippen molar-refractivity contribution in [2.24, 2.45) is 0 Å². The summed E-state index contributed by atoms with van der Waals surface area (Å²) in [6.45, 7) is 2.10. The molecule has 0 saturated heterocycles. The van der Waals surface area contributed by atoms with Gasteiger partial charge in [-0.2, -0.15) is 0 Å². The molecule has 1 N–H and O–H groups in total. The highest BCUT2D eigenvalue weighted by molar-refractivity contribution is 5.66. The number of carboxylic acids is 1. The maximum Gasteiger partial charge on any atom is 0.303 e. The summed E-state index contributed by atoms with van der Waals surface area (Å²) in [6, 6.07) is 0.345. The monoisotopic (exact) mass is 222 g/mol. The molecule has 1 aromatic heterocycles. The number of imidazole rings is 1. The van der Waals surface area contributed by atoms with E-state index in [1.54, 1.807) is 0 Å². The maximum absolute atomic E-state index is 10.6. The molecule has 0 fully saturated rings. The van der Waals surface area contributed by atoms with Crippen molar-refractivity contribution in [2.45, 2.75) is 51.5 Å².